The van der Waals surface area contributed by atoms with Gasteiger partial charge in [0.1, 0.15) is 0 Å². The molecule has 1 nitrogen and oxygen atoms in total. The standard InChI is InChI=1S/C9H8BrNS2/c10-8-5-13-4-7(8)9(11)6-1-2-12-3-6/h1-5,9H,11H2. The molecule has 0 saturated heterocycles. The van der Waals surface area contributed by atoms with Gasteiger partial charge < -0.3 is 5.73 Å². The first-order chi connectivity index (χ1) is 6.29. The minimum atomic E-state index is 0.00637. The van der Waals surface area contributed by atoms with Gasteiger partial charge in [-0.15, -0.1) is 0 Å². The Morgan fingerprint density at radius 3 is 2.62 bits per heavy atom. The highest BCUT2D eigenvalue weighted by Crippen LogP contribution is 2.30. The van der Waals surface area contributed by atoms with Gasteiger partial charge in [0.25, 0.3) is 0 Å². The second-order valence-electron chi connectivity index (χ2n) is 2.71. The fourth-order valence-corrected chi connectivity index (χ4v) is 3.42. The number of hydrogen-bond acceptors (Lipinski definition) is 3. The lowest BCUT2D eigenvalue weighted by Crippen LogP contribution is -2.10. The van der Waals surface area contributed by atoms with Crippen LogP contribution in [-0.4, -0.2) is 0 Å². The van der Waals surface area contributed by atoms with Crippen LogP contribution in [0.3, 0.4) is 0 Å². The molecule has 0 aliphatic rings. The first kappa shape index (κ1) is 9.40. The monoisotopic (exact) mass is 273 g/mol. The lowest BCUT2D eigenvalue weighted by molar-refractivity contribution is 0.877. The molecule has 2 N–H and O–H groups in total. The van der Waals surface area contributed by atoms with E-state index in [0.29, 0.717) is 0 Å². The normalized spacial score (nSPS) is 13.1. The molecule has 2 heterocycles. The summed E-state index contributed by atoms with van der Waals surface area (Å²) < 4.78 is 1.11. The van der Waals surface area contributed by atoms with Crippen LogP contribution >= 0.6 is 38.6 Å². The highest BCUT2D eigenvalue weighted by Gasteiger charge is 2.12. The van der Waals surface area contributed by atoms with E-state index in [2.05, 4.69) is 43.5 Å². The number of rotatable bonds is 2. The van der Waals surface area contributed by atoms with Crippen LogP contribution in [0.15, 0.2) is 32.1 Å². The van der Waals surface area contributed by atoms with E-state index in [0.717, 1.165) is 4.47 Å². The van der Waals surface area contributed by atoms with E-state index in [-0.39, 0.29) is 6.04 Å². The summed E-state index contributed by atoms with van der Waals surface area (Å²) in [7, 11) is 0. The third-order valence-corrected chi connectivity index (χ3v) is 4.33. The maximum Gasteiger partial charge on any atom is 0.0579 e. The SMILES string of the molecule is NC(c1ccsc1)c1cscc1Br. The van der Waals surface area contributed by atoms with E-state index < -0.39 is 0 Å². The molecule has 4 heteroatoms. The Balaban J connectivity index is 2.33. The third kappa shape index (κ3) is 1.86. The zero-order valence-corrected chi connectivity index (χ0v) is 9.95. The Kier molecular flexibility index (Phi) is 2.83. The largest absolute Gasteiger partial charge is 0.320 e. The number of halogens is 1. The Hall–Kier alpha value is -0.160. The predicted octanol–water partition coefficient (Wildman–Crippen LogP) is 3.62. The number of thiophene rings is 2. The molecular weight excluding hydrogens is 266 g/mol. The summed E-state index contributed by atoms with van der Waals surface area (Å²) in [6.45, 7) is 0. The van der Waals surface area contributed by atoms with Gasteiger partial charge in [-0.3, -0.25) is 0 Å². The zero-order valence-electron chi connectivity index (χ0n) is 6.74. The molecule has 1 atom stereocenters. The molecule has 0 aromatic carbocycles. The van der Waals surface area contributed by atoms with Crippen molar-refractivity contribution in [3.05, 3.63) is 43.2 Å². The second-order valence-corrected chi connectivity index (χ2v) is 5.09. The van der Waals surface area contributed by atoms with Crippen LogP contribution in [0.4, 0.5) is 0 Å². The van der Waals surface area contributed by atoms with E-state index in [4.69, 9.17) is 5.73 Å². The average Bonchev–Trinajstić information content (AvgIpc) is 2.72. The number of hydrogen-bond donors (Lipinski definition) is 1. The molecule has 1 unspecified atom stereocenters. The topological polar surface area (TPSA) is 26.0 Å². The fourth-order valence-electron chi connectivity index (χ4n) is 1.14. The van der Waals surface area contributed by atoms with Crippen LogP contribution in [0, 0.1) is 0 Å². The first-order valence-corrected chi connectivity index (χ1v) is 6.46. The quantitative estimate of drug-likeness (QED) is 0.889. The van der Waals surface area contributed by atoms with Gasteiger partial charge in [0.2, 0.25) is 0 Å². The van der Waals surface area contributed by atoms with Crippen molar-refractivity contribution in [3.63, 3.8) is 0 Å². The summed E-state index contributed by atoms with van der Waals surface area (Å²) in [6.07, 6.45) is 0. The van der Waals surface area contributed by atoms with Gasteiger partial charge in [0.05, 0.1) is 6.04 Å². The molecule has 0 spiro atoms. The van der Waals surface area contributed by atoms with Crippen molar-refractivity contribution in [2.24, 2.45) is 5.73 Å². The molecule has 2 rings (SSSR count). The lowest BCUT2D eigenvalue weighted by atomic mass is 10.1. The summed E-state index contributed by atoms with van der Waals surface area (Å²) in [6, 6.07) is 2.08. The third-order valence-electron chi connectivity index (χ3n) is 1.88. The first-order valence-electron chi connectivity index (χ1n) is 3.78. The van der Waals surface area contributed by atoms with Crippen molar-refractivity contribution in [3.8, 4) is 0 Å². The van der Waals surface area contributed by atoms with Crippen LogP contribution in [0.25, 0.3) is 0 Å². The van der Waals surface area contributed by atoms with Crippen LogP contribution in [0.5, 0.6) is 0 Å². The van der Waals surface area contributed by atoms with Crippen LogP contribution in [-0.2, 0) is 0 Å². The molecule has 0 radical (unpaired) electrons. The number of nitrogens with two attached hydrogens (primary N) is 1. The van der Waals surface area contributed by atoms with Crippen LogP contribution < -0.4 is 5.73 Å². The maximum absolute atomic E-state index is 6.09. The summed E-state index contributed by atoms with van der Waals surface area (Å²) in [5, 5.41) is 8.29. The summed E-state index contributed by atoms with van der Waals surface area (Å²) >= 11 is 6.83. The summed E-state index contributed by atoms with van der Waals surface area (Å²) in [4.78, 5) is 0. The molecule has 0 saturated carbocycles. The van der Waals surface area contributed by atoms with Crippen molar-refractivity contribution < 1.29 is 0 Å². The van der Waals surface area contributed by atoms with Gasteiger partial charge in [-0.25, -0.2) is 0 Å². The molecule has 2 aromatic rings. The van der Waals surface area contributed by atoms with E-state index in [1.165, 1.54) is 11.1 Å². The Bertz CT molecular complexity index is 380. The minimum Gasteiger partial charge on any atom is -0.320 e. The van der Waals surface area contributed by atoms with E-state index in [9.17, 15) is 0 Å². The summed E-state index contributed by atoms with van der Waals surface area (Å²) in [5.41, 5.74) is 8.44. The molecule has 13 heavy (non-hydrogen) atoms. The van der Waals surface area contributed by atoms with Crippen molar-refractivity contribution >= 4 is 38.6 Å². The molecule has 0 bridgehead atoms. The molecule has 0 aliphatic carbocycles. The molecule has 68 valence electrons. The second kappa shape index (κ2) is 3.92. The van der Waals surface area contributed by atoms with Crippen molar-refractivity contribution in [2.75, 3.05) is 0 Å². The molecule has 2 aromatic heterocycles. The Morgan fingerprint density at radius 1 is 1.23 bits per heavy atom. The molecular formula is C9H8BrNS2. The smallest absolute Gasteiger partial charge is 0.0579 e. The van der Waals surface area contributed by atoms with Crippen molar-refractivity contribution in [1.29, 1.82) is 0 Å². The van der Waals surface area contributed by atoms with Gasteiger partial charge >= 0.3 is 0 Å². The molecule has 0 fully saturated rings. The Labute approximate surface area is 93.3 Å². The van der Waals surface area contributed by atoms with Crippen molar-refractivity contribution in [1.82, 2.24) is 0 Å². The minimum absolute atomic E-state index is 0.00637. The van der Waals surface area contributed by atoms with E-state index in [1.54, 1.807) is 22.7 Å². The van der Waals surface area contributed by atoms with E-state index >= 15 is 0 Å². The van der Waals surface area contributed by atoms with Gasteiger partial charge in [-0.2, -0.15) is 22.7 Å². The summed E-state index contributed by atoms with van der Waals surface area (Å²) in [5.74, 6) is 0. The van der Waals surface area contributed by atoms with E-state index in [1.807, 2.05) is 0 Å². The van der Waals surface area contributed by atoms with Crippen LogP contribution in [0.2, 0.25) is 0 Å². The van der Waals surface area contributed by atoms with Gasteiger partial charge in [-0.05, 0) is 49.3 Å². The van der Waals surface area contributed by atoms with Crippen molar-refractivity contribution in [2.45, 2.75) is 6.04 Å². The lowest BCUT2D eigenvalue weighted by Gasteiger charge is -2.08. The van der Waals surface area contributed by atoms with Gasteiger partial charge in [0.15, 0.2) is 0 Å². The predicted molar refractivity (Wildman–Crippen MR) is 62.4 cm³/mol. The van der Waals surface area contributed by atoms with Gasteiger partial charge in [0, 0.05) is 9.85 Å². The highest BCUT2D eigenvalue weighted by molar-refractivity contribution is 9.10. The zero-order chi connectivity index (χ0) is 9.26. The van der Waals surface area contributed by atoms with Gasteiger partial charge in [-0.1, -0.05) is 0 Å². The molecule has 0 amide bonds. The van der Waals surface area contributed by atoms with Crippen LogP contribution in [0.1, 0.15) is 17.2 Å². The maximum atomic E-state index is 6.09. The fraction of sp³-hybridized carbons (Fsp3) is 0.111. The molecule has 0 aliphatic heterocycles. The highest BCUT2D eigenvalue weighted by atomic mass is 79.9. The average molecular weight is 274 g/mol. The Morgan fingerprint density at radius 2 is 2.08 bits per heavy atom.